The number of allylic oxidation sites excluding steroid dienone is 2. The molecule has 1 aliphatic carbocycles. The summed E-state index contributed by atoms with van der Waals surface area (Å²) in [6.07, 6.45) is 8.49. The molecule has 132 valence electrons. The molecule has 0 saturated carbocycles. The number of oxazole rings is 1. The van der Waals surface area contributed by atoms with Crippen LogP contribution in [0, 0.1) is 0 Å². The van der Waals surface area contributed by atoms with Crippen molar-refractivity contribution in [3.05, 3.63) is 72.0 Å². The van der Waals surface area contributed by atoms with E-state index in [0.29, 0.717) is 17.2 Å². The molecular formula is C19H19N5O2. The lowest BCUT2D eigenvalue weighted by Gasteiger charge is -2.14. The Bertz CT molecular complexity index is 939. The molecule has 3 rings (SSSR count). The third kappa shape index (κ3) is 3.46. The molecule has 0 radical (unpaired) electrons. The normalized spacial score (nSPS) is 16.8. The maximum Gasteiger partial charge on any atom is 0.272 e. The number of carbonyl (C=O) groups excluding carboxylic acids is 1. The first-order valence-corrected chi connectivity index (χ1v) is 8.02. The lowest BCUT2D eigenvalue weighted by atomic mass is 10.1. The van der Waals surface area contributed by atoms with E-state index in [1.54, 1.807) is 26.2 Å². The zero-order valence-corrected chi connectivity index (χ0v) is 14.6. The summed E-state index contributed by atoms with van der Waals surface area (Å²) in [5.74, 6) is 0.00991. The van der Waals surface area contributed by atoms with Crippen molar-refractivity contribution in [3.63, 3.8) is 0 Å². The van der Waals surface area contributed by atoms with Crippen molar-refractivity contribution >= 4 is 23.3 Å². The molecule has 2 aromatic rings. The summed E-state index contributed by atoms with van der Waals surface area (Å²) < 4.78 is 5.26. The predicted octanol–water partition coefficient (Wildman–Crippen LogP) is 2.62. The Balaban J connectivity index is 1.85. The quantitative estimate of drug-likeness (QED) is 0.807. The number of aliphatic imine (C=N–C) groups is 1. The van der Waals surface area contributed by atoms with Crippen molar-refractivity contribution < 1.29 is 9.21 Å². The van der Waals surface area contributed by atoms with Crippen LogP contribution in [0.15, 0.2) is 64.2 Å². The van der Waals surface area contributed by atoms with Gasteiger partial charge in [-0.2, -0.15) is 0 Å². The standard InChI is InChI=1S/C19H19N5O2/c1-11(19-22-9-10-26-19)13(3)23-16(12(2)20)18(25)24-15-7-6-14-5-4-8-21-17(14)15/h4-10,15H,2,20H2,1,3H3,(H,24,25)/b13-11+,23-16?. The van der Waals surface area contributed by atoms with Gasteiger partial charge in [-0.3, -0.25) is 9.78 Å². The van der Waals surface area contributed by atoms with E-state index in [-0.39, 0.29) is 17.5 Å². The van der Waals surface area contributed by atoms with Gasteiger partial charge in [0.1, 0.15) is 6.26 Å². The van der Waals surface area contributed by atoms with E-state index in [9.17, 15) is 4.79 Å². The van der Waals surface area contributed by atoms with Crippen molar-refractivity contribution in [1.82, 2.24) is 15.3 Å². The Morgan fingerprint density at radius 1 is 1.35 bits per heavy atom. The zero-order chi connectivity index (χ0) is 18.7. The molecule has 0 bridgehead atoms. The second kappa shape index (κ2) is 7.18. The molecule has 7 heteroatoms. The maximum atomic E-state index is 12.7. The Labute approximate surface area is 151 Å². The van der Waals surface area contributed by atoms with Crippen LogP contribution in [0.5, 0.6) is 0 Å². The molecule has 0 fully saturated rings. The lowest BCUT2D eigenvalue weighted by Crippen LogP contribution is -2.36. The third-order valence-corrected chi connectivity index (χ3v) is 4.02. The Morgan fingerprint density at radius 3 is 2.85 bits per heavy atom. The fraction of sp³-hybridized carbons (Fsp3) is 0.158. The molecule has 26 heavy (non-hydrogen) atoms. The van der Waals surface area contributed by atoms with Crippen molar-refractivity contribution in [2.24, 2.45) is 10.7 Å². The van der Waals surface area contributed by atoms with Gasteiger partial charge >= 0.3 is 0 Å². The SMILES string of the molecule is C=C(N)C(=N/C(C)=C(\C)c1ncco1)C(=O)NC1C=Cc2cccnc21. The van der Waals surface area contributed by atoms with E-state index < -0.39 is 5.91 Å². The van der Waals surface area contributed by atoms with Gasteiger partial charge in [0.2, 0.25) is 5.89 Å². The number of aromatic nitrogens is 2. The molecule has 1 amide bonds. The van der Waals surface area contributed by atoms with Crippen molar-refractivity contribution in [2.45, 2.75) is 19.9 Å². The second-order valence-electron chi connectivity index (χ2n) is 5.82. The molecule has 1 unspecified atom stereocenters. The summed E-state index contributed by atoms with van der Waals surface area (Å²) in [6, 6.07) is 3.45. The fourth-order valence-electron chi connectivity index (χ4n) is 2.53. The Morgan fingerprint density at radius 2 is 2.15 bits per heavy atom. The van der Waals surface area contributed by atoms with E-state index in [2.05, 4.69) is 26.9 Å². The fourth-order valence-corrected chi connectivity index (χ4v) is 2.53. The summed E-state index contributed by atoms with van der Waals surface area (Å²) in [7, 11) is 0. The minimum absolute atomic E-state index is 0.0474. The monoisotopic (exact) mass is 349 g/mol. The summed E-state index contributed by atoms with van der Waals surface area (Å²) in [5, 5.41) is 2.87. The summed E-state index contributed by atoms with van der Waals surface area (Å²) in [4.78, 5) is 25.4. The van der Waals surface area contributed by atoms with Crippen LogP contribution in [0.1, 0.15) is 37.0 Å². The number of hydrogen-bond acceptors (Lipinski definition) is 6. The van der Waals surface area contributed by atoms with Crippen LogP contribution < -0.4 is 11.1 Å². The van der Waals surface area contributed by atoms with E-state index in [1.807, 2.05) is 24.3 Å². The highest BCUT2D eigenvalue weighted by atomic mass is 16.3. The number of nitrogens with zero attached hydrogens (tertiary/aromatic N) is 3. The van der Waals surface area contributed by atoms with Gasteiger partial charge in [-0.05, 0) is 25.5 Å². The third-order valence-electron chi connectivity index (χ3n) is 4.02. The number of rotatable bonds is 5. The van der Waals surface area contributed by atoms with Gasteiger partial charge in [0.25, 0.3) is 5.91 Å². The molecule has 3 N–H and O–H groups in total. The highest BCUT2D eigenvalue weighted by Gasteiger charge is 2.23. The van der Waals surface area contributed by atoms with Gasteiger partial charge in [0.15, 0.2) is 5.71 Å². The van der Waals surface area contributed by atoms with Crippen molar-refractivity contribution in [3.8, 4) is 0 Å². The van der Waals surface area contributed by atoms with Crippen LogP contribution in [-0.4, -0.2) is 21.6 Å². The lowest BCUT2D eigenvalue weighted by molar-refractivity contribution is -0.115. The molecule has 2 heterocycles. The summed E-state index contributed by atoms with van der Waals surface area (Å²) in [5.41, 5.74) is 8.93. The molecule has 0 aliphatic heterocycles. The minimum Gasteiger partial charge on any atom is -0.445 e. The maximum absolute atomic E-state index is 12.7. The van der Waals surface area contributed by atoms with Gasteiger partial charge in [-0.1, -0.05) is 24.8 Å². The number of nitrogens with one attached hydrogen (secondary N) is 1. The van der Waals surface area contributed by atoms with Crippen LogP contribution in [0.2, 0.25) is 0 Å². The van der Waals surface area contributed by atoms with E-state index in [1.165, 1.54) is 6.26 Å². The van der Waals surface area contributed by atoms with Gasteiger partial charge in [-0.15, -0.1) is 0 Å². The van der Waals surface area contributed by atoms with Gasteiger partial charge in [-0.25, -0.2) is 9.98 Å². The molecule has 1 atom stereocenters. The number of carbonyl (C=O) groups is 1. The van der Waals surface area contributed by atoms with Crippen LogP contribution in [0.4, 0.5) is 0 Å². The zero-order valence-electron chi connectivity index (χ0n) is 14.6. The Kier molecular flexibility index (Phi) is 4.79. The van der Waals surface area contributed by atoms with Crippen molar-refractivity contribution in [1.29, 1.82) is 0 Å². The Hall–Kier alpha value is -3.48. The highest BCUT2D eigenvalue weighted by molar-refractivity contribution is 6.45. The first-order chi connectivity index (χ1) is 12.5. The molecule has 0 saturated heterocycles. The smallest absolute Gasteiger partial charge is 0.272 e. The first kappa shape index (κ1) is 17.3. The minimum atomic E-state index is -0.426. The number of pyridine rings is 1. The number of nitrogens with two attached hydrogens (primary N) is 1. The number of amides is 1. The second-order valence-corrected chi connectivity index (χ2v) is 5.82. The average Bonchev–Trinajstić information content (AvgIpc) is 3.29. The van der Waals surface area contributed by atoms with Gasteiger partial charge < -0.3 is 15.5 Å². The van der Waals surface area contributed by atoms with Crippen molar-refractivity contribution in [2.75, 3.05) is 0 Å². The molecule has 0 aromatic carbocycles. The van der Waals surface area contributed by atoms with E-state index in [4.69, 9.17) is 10.2 Å². The molecular weight excluding hydrogens is 330 g/mol. The van der Waals surface area contributed by atoms with E-state index in [0.717, 1.165) is 11.3 Å². The average molecular weight is 349 g/mol. The number of fused-ring (bicyclic) bond motifs is 1. The van der Waals surface area contributed by atoms with Crippen LogP contribution in [-0.2, 0) is 4.79 Å². The van der Waals surface area contributed by atoms with Crippen LogP contribution in [0.3, 0.4) is 0 Å². The van der Waals surface area contributed by atoms with Gasteiger partial charge in [0, 0.05) is 17.5 Å². The highest BCUT2D eigenvalue weighted by Crippen LogP contribution is 2.25. The summed E-state index contributed by atoms with van der Waals surface area (Å²) in [6.45, 7) is 7.22. The molecule has 7 nitrogen and oxygen atoms in total. The molecule has 0 spiro atoms. The molecule has 1 aliphatic rings. The topological polar surface area (TPSA) is 106 Å². The summed E-state index contributed by atoms with van der Waals surface area (Å²) >= 11 is 0. The number of hydrogen-bond donors (Lipinski definition) is 2. The van der Waals surface area contributed by atoms with Crippen LogP contribution in [0.25, 0.3) is 11.6 Å². The first-order valence-electron chi connectivity index (χ1n) is 8.02. The predicted molar refractivity (Wildman–Crippen MR) is 99.7 cm³/mol. The molecule has 2 aromatic heterocycles. The van der Waals surface area contributed by atoms with E-state index >= 15 is 0 Å². The van der Waals surface area contributed by atoms with Gasteiger partial charge in [0.05, 0.1) is 23.6 Å². The van der Waals surface area contributed by atoms with Crippen LogP contribution >= 0.6 is 0 Å². The largest absolute Gasteiger partial charge is 0.445 e.